The quantitative estimate of drug-likeness (QED) is 0.556. The summed E-state index contributed by atoms with van der Waals surface area (Å²) in [7, 11) is 0. The first-order valence-corrected chi connectivity index (χ1v) is 9.11. The van der Waals surface area contributed by atoms with Crippen molar-refractivity contribution in [2.45, 2.75) is 107 Å². The SMILES string of the molecule is CC(C)(C)CC(COC(C)(C)C)(COC(C)(C)C)CC(C)(C)C. The Morgan fingerprint density at radius 1 is 0.478 bits per heavy atom. The zero-order valence-corrected chi connectivity index (χ0v) is 18.1. The van der Waals surface area contributed by atoms with E-state index in [0.29, 0.717) is 0 Å². The predicted octanol–water partition coefficient (Wildman–Crippen LogP) is 6.48. The van der Waals surface area contributed by atoms with Crippen LogP contribution in [0.4, 0.5) is 0 Å². The first-order valence-electron chi connectivity index (χ1n) is 9.11. The van der Waals surface area contributed by atoms with Gasteiger partial charge in [0.1, 0.15) is 0 Å². The smallest absolute Gasteiger partial charge is 0.0598 e. The fraction of sp³-hybridized carbons (Fsp3) is 1.00. The molecule has 0 aliphatic rings. The van der Waals surface area contributed by atoms with Gasteiger partial charge in [-0.15, -0.1) is 0 Å². The molecule has 0 heterocycles. The molecular weight excluding hydrogens is 284 g/mol. The van der Waals surface area contributed by atoms with Gasteiger partial charge in [0, 0.05) is 5.41 Å². The van der Waals surface area contributed by atoms with E-state index in [1.54, 1.807) is 0 Å². The van der Waals surface area contributed by atoms with Crippen LogP contribution in [0.15, 0.2) is 0 Å². The van der Waals surface area contributed by atoms with Crippen LogP contribution in [0.1, 0.15) is 95.9 Å². The van der Waals surface area contributed by atoms with E-state index in [1.807, 2.05) is 0 Å². The molecule has 0 aliphatic carbocycles. The third-order valence-electron chi connectivity index (χ3n) is 3.43. The molecule has 23 heavy (non-hydrogen) atoms. The molecule has 0 aromatic rings. The first kappa shape index (κ1) is 22.9. The molecule has 2 heteroatoms. The minimum atomic E-state index is -0.122. The maximum atomic E-state index is 6.27. The van der Waals surface area contributed by atoms with E-state index < -0.39 is 0 Å². The average molecular weight is 329 g/mol. The van der Waals surface area contributed by atoms with E-state index in [0.717, 1.165) is 26.1 Å². The van der Waals surface area contributed by atoms with Crippen molar-refractivity contribution >= 4 is 0 Å². The molecule has 0 bridgehead atoms. The van der Waals surface area contributed by atoms with Crippen molar-refractivity contribution in [3.63, 3.8) is 0 Å². The van der Waals surface area contributed by atoms with Gasteiger partial charge in [0.15, 0.2) is 0 Å². The highest BCUT2D eigenvalue weighted by Gasteiger charge is 2.40. The zero-order valence-electron chi connectivity index (χ0n) is 18.1. The molecular formula is C21H44O2. The highest BCUT2D eigenvalue weighted by molar-refractivity contribution is 4.89. The normalized spacial score (nSPS) is 15.1. The van der Waals surface area contributed by atoms with Crippen LogP contribution < -0.4 is 0 Å². The fourth-order valence-electron chi connectivity index (χ4n) is 3.30. The molecule has 0 amide bonds. The Morgan fingerprint density at radius 3 is 0.913 bits per heavy atom. The van der Waals surface area contributed by atoms with Crippen LogP contribution in [0.5, 0.6) is 0 Å². The number of rotatable bonds is 6. The molecule has 0 saturated carbocycles. The van der Waals surface area contributed by atoms with Gasteiger partial charge in [-0.1, -0.05) is 41.5 Å². The lowest BCUT2D eigenvalue weighted by Gasteiger charge is -2.44. The molecule has 0 N–H and O–H groups in total. The minimum Gasteiger partial charge on any atom is -0.375 e. The summed E-state index contributed by atoms with van der Waals surface area (Å²) >= 11 is 0. The summed E-state index contributed by atoms with van der Waals surface area (Å²) in [6.07, 6.45) is 2.20. The molecule has 0 aromatic carbocycles. The number of hydrogen-bond donors (Lipinski definition) is 0. The Labute approximate surface area is 146 Å². The topological polar surface area (TPSA) is 18.5 Å². The van der Waals surface area contributed by atoms with E-state index in [9.17, 15) is 0 Å². The monoisotopic (exact) mass is 328 g/mol. The molecule has 0 aromatic heterocycles. The van der Waals surface area contributed by atoms with Crippen LogP contribution in [-0.2, 0) is 9.47 Å². The summed E-state index contributed by atoms with van der Waals surface area (Å²) in [6, 6.07) is 0. The van der Waals surface area contributed by atoms with Gasteiger partial charge in [-0.25, -0.2) is 0 Å². The average Bonchev–Trinajstić information content (AvgIpc) is 2.17. The Bertz CT molecular complexity index is 306. The molecule has 0 spiro atoms. The molecule has 140 valence electrons. The van der Waals surface area contributed by atoms with E-state index in [1.165, 1.54) is 0 Å². The van der Waals surface area contributed by atoms with Crippen molar-refractivity contribution in [1.82, 2.24) is 0 Å². The number of hydrogen-bond acceptors (Lipinski definition) is 2. The van der Waals surface area contributed by atoms with E-state index in [2.05, 4.69) is 83.1 Å². The lowest BCUT2D eigenvalue weighted by Crippen LogP contribution is -2.43. The summed E-state index contributed by atoms with van der Waals surface area (Å²) in [5, 5.41) is 0. The fourth-order valence-corrected chi connectivity index (χ4v) is 3.30. The standard InChI is InChI=1S/C21H44O2/c1-17(2,3)13-21(14-18(4,5)6,15-22-19(7,8)9)16-23-20(10,11)12/h13-16H2,1-12H3. The Kier molecular flexibility index (Phi) is 7.41. The largest absolute Gasteiger partial charge is 0.375 e. The molecule has 0 fully saturated rings. The van der Waals surface area contributed by atoms with E-state index in [-0.39, 0.29) is 27.4 Å². The maximum Gasteiger partial charge on any atom is 0.0598 e. The second-order valence-corrected chi connectivity index (χ2v) is 11.8. The Morgan fingerprint density at radius 2 is 0.739 bits per heavy atom. The highest BCUT2D eigenvalue weighted by atomic mass is 16.5. The maximum absolute atomic E-state index is 6.27. The van der Waals surface area contributed by atoms with Crippen molar-refractivity contribution in [2.75, 3.05) is 13.2 Å². The van der Waals surface area contributed by atoms with Gasteiger partial charge in [-0.2, -0.15) is 0 Å². The van der Waals surface area contributed by atoms with Gasteiger partial charge in [0.05, 0.1) is 24.4 Å². The van der Waals surface area contributed by atoms with Crippen LogP contribution in [0, 0.1) is 16.2 Å². The van der Waals surface area contributed by atoms with Crippen molar-refractivity contribution < 1.29 is 9.47 Å². The molecule has 0 saturated heterocycles. The summed E-state index contributed by atoms with van der Waals surface area (Å²) in [6.45, 7) is 28.2. The second kappa shape index (κ2) is 7.44. The van der Waals surface area contributed by atoms with Crippen LogP contribution in [-0.4, -0.2) is 24.4 Å². The zero-order chi connectivity index (χ0) is 18.7. The van der Waals surface area contributed by atoms with Crippen molar-refractivity contribution in [3.05, 3.63) is 0 Å². The lowest BCUT2D eigenvalue weighted by molar-refractivity contribution is -0.129. The third kappa shape index (κ3) is 12.9. The van der Waals surface area contributed by atoms with Crippen LogP contribution in [0.25, 0.3) is 0 Å². The summed E-state index contributed by atoms with van der Waals surface area (Å²) in [4.78, 5) is 0. The lowest BCUT2D eigenvalue weighted by atomic mass is 9.67. The number of ether oxygens (including phenoxy) is 2. The van der Waals surface area contributed by atoms with Crippen LogP contribution >= 0.6 is 0 Å². The van der Waals surface area contributed by atoms with Gasteiger partial charge < -0.3 is 9.47 Å². The predicted molar refractivity (Wildman–Crippen MR) is 102 cm³/mol. The van der Waals surface area contributed by atoms with Crippen LogP contribution in [0.2, 0.25) is 0 Å². The van der Waals surface area contributed by atoms with Crippen molar-refractivity contribution in [3.8, 4) is 0 Å². The van der Waals surface area contributed by atoms with Crippen molar-refractivity contribution in [2.24, 2.45) is 16.2 Å². The third-order valence-corrected chi connectivity index (χ3v) is 3.43. The molecule has 0 rings (SSSR count). The van der Waals surface area contributed by atoms with E-state index >= 15 is 0 Å². The summed E-state index contributed by atoms with van der Waals surface area (Å²) < 4.78 is 12.5. The van der Waals surface area contributed by atoms with Gasteiger partial charge in [0.25, 0.3) is 0 Å². The minimum absolute atomic E-state index is 0.0387. The van der Waals surface area contributed by atoms with Gasteiger partial charge in [-0.05, 0) is 65.2 Å². The molecule has 0 radical (unpaired) electrons. The van der Waals surface area contributed by atoms with Crippen LogP contribution in [0.3, 0.4) is 0 Å². The summed E-state index contributed by atoms with van der Waals surface area (Å²) in [5.41, 5.74) is 0.282. The molecule has 0 unspecified atom stereocenters. The highest BCUT2D eigenvalue weighted by Crippen LogP contribution is 2.44. The van der Waals surface area contributed by atoms with E-state index in [4.69, 9.17) is 9.47 Å². The van der Waals surface area contributed by atoms with Gasteiger partial charge in [0.2, 0.25) is 0 Å². The molecule has 0 aliphatic heterocycles. The van der Waals surface area contributed by atoms with Crippen molar-refractivity contribution in [1.29, 1.82) is 0 Å². The molecule has 2 nitrogen and oxygen atoms in total. The second-order valence-electron chi connectivity index (χ2n) is 11.8. The van der Waals surface area contributed by atoms with Gasteiger partial charge in [-0.3, -0.25) is 0 Å². The van der Waals surface area contributed by atoms with Gasteiger partial charge >= 0.3 is 0 Å². The first-order chi connectivity index (χ1) is 9.83. The Balaban J connectivity index is 5.50. The summed E-state index contributed by atoms with van der Waals surface area (Å²) in [5.74, 6) is 0. The molecule has 0 atom stereocenters. The Hall–Kier alpha value is -0.0800.